The van der Waals surface area contributed by atoms with Crippen molar-refractivity contribution in [2.24, 2.45) is 5.41 Å². The third-order valence-corrected chi connectivity index (χ3v) is 7.72. The van der Waals surface area contributed by atoms with Gasteiger partial charge >= 0.3 is 7.60 Å². The molecule has 1 aliphatic carbocycles. The lowest BCUT2D eigenvalue weighted by molar-refractivity contribution is 0.0642. The van der Waals surface area contributed by atoms with Gasteiger partial charge in [0.1, 0.15) is 0 Å². The van der Waals surface area contributed by atoms with Gasteiger partial charge < -0.3 is 13.9 Å². The second-order valence-electron chi connectivity index (χ2n) is 7.94. The Bertz CT molecular complexity index is 728. The van der Waals surface area contributed by atoms with Crippen LogP contribution in [0.5, 0.6) is 0 Å². The first kappa shape index (κ1) is 20.7. The number of fused-ring (bicyclic) bond motifs is 1. The van der Waals surface area contributed by atoms with Crippen molar-refractivity contribution < 1.29 is 18.4 Å². The molecule has 0 amide bonds. The van der Waals surface area contributed by atoms with Gasteiger partial charge in [0.25, 0.3) is 0 Å². The van der Waals surface area contributed by atoms with Gasteiger partial charge in [-0.3, -0.25) is 9.36 Å². The Hall–Kier alpha value is -1.00. The van der Waals surface area contributed by atoms with E-state index in [0.29, 0.717) is 24.1 Å². The van der Waals surface area contributed by atoms with E-state index in [-0.39, 0.29) is 11.2 Å². The van der Waals surface area contributed by atoms with Crippen LogP contribution in [-0.4, -0.2) is 43.5 Å². The molecule has 0 bridgehead atoms. The molecule has 0 unspecified atom stereocenters. The van der Waals surface area contributed by atoms with E-state index in [1.165, 1.54) is 5.92 Å². The van der Waals surface area contributed by atoms with E-state index in [1.54, 1.807) is 19.9 Å². The molecule has 1 fully saturated rings. The number of piperidine rings is 1. The second kappa shape index (κ2) is 8.16. The fourth-order valence-corrected chi connectivity index (χ4v) is 5.94. The van der Waals surface area contributed by atoms with Crippen molar-refractivity contribution >= 4 is 18.7 Å². The number of ketones is 1. The van der Waals surface area contributed by atoms with Crippen molar-refractivity contribution in [1.29, 1.82) is 0 Å². The molecule has 1 spiro atoms. The zero-order valence-electron chi connectivity index (χ0n) is 16.9. The SMILES string of the molecule is CCOP(=O)(OCC)c1ccc2c(c1)C(=O)C1(CCN(C[C](C)C)CC1)C2. The molecule has 1 radical (unpaired) electrons. The molecule has 1 aromatic rings. The molecule has 1 aliphatic heterocycles. The summed E-state index contributed by atoms with van der Waals surface area (Å²) in [5.74, 6) is 1.61. The van der Waals surface area contributed by atoms with Gasteiger partial charge in [0, 0.05) is 17.5 Å². The average Bonchev–Trinajstić information content (AvgIpc) is 2.89. The van der Waals surface area contributed by atoms with Crippen molar-refractivity contribution in [3.8, 4) is 0 Å². The molecular formula is C21H31NO4P. The third-order valence-electron chi connectivity index (χ3n) is 5.62. The first-order chi connectivity index (χ1) is 12.8. The molecule has 149 valence electrons. The number of hydrogen-bond acceptors (Lipinski definition) is 5. The van der Waals surface area contributed by atoms with E-state index < -0.39 is 7.60 Å². The predicted molar refractivity (Wildman–Crippen MR) is 108 cm³/mol. The zero-order chi connectivity index (χ0) is 19.7. The summed E-state index contributed by atoms with van der Waals surface area (Å²) in [7, 11) is -3.37. The number of nitrogens with zero attached hydrogens (tertiary/aromatic N) is 1. The van der Waals surface area contributed by atoms with E-state index in [2.05, 4.69) is 18.7 Å². The molecule has 27 heavy (non-hydrogen) atoms. The highest BCUT2D eigenvalue weighted by molar-refractivity contribution is 7.62. The highest BCUT2D eigenvalue weighted by Crippen LogP contribution is 2.49. The lowest BCUT2D eigenvalue weighted by Gasteiger charge is -2.38. The number of carbonyl (C=O) groups excluding carboxylic acids is 1. The summed E-state index contributed by atoms with van der Waals surface area (Å²) in [4.78, 5) is 15.7. The summed E-state index contributed by atoms with van der Waals surface area (Å²) >= 11 is 0. The molecular weight excluding hydrogens is 361 g/mol. The van der Waals surface area contributed by atoms with Gasteiger partial charge in [-0.2, -0.15) is 0 Å². The number of Topliss-reactive ketones (excluding diaryl/α,β-unsaturated/α-hetero) is 1. The van der Waals surface area contributed by atoms with Crippen LogP contribution in [0.3, 0.4) is 0 Å². The summed E-state index contributed by atoms with van der Waals surface area (Å²) in [6.07, 6.45) is 2.56. The predicted octanol–water partition coefficient (Wildman–Crippen LogP) is 4.01. The topological polar surface area (TPSA) is 55.8 Å². The van der Waals surface area contributed by atoms with Crippen LogP contribution in [0, 0.1) is 11.3 Å². The highest BCUT2D eigenvalue weighted by atomic mass is 31.2. The number of rotatable bonds is 7. The van der Waals surface area contributed by atoms with Gasteiger partial charge in [-0.15, -0.1) is 0 Å². The Balaban J connectivity index is 1.81. The fourth-order valence-electron chi connectivity index (χ4n) is 4.35. The zero-order valence-corrected chi connectivity index (χ0v) is 17.8. The van der Waals surface area contributed by atoms with Crippen molar-refractivity contribution in [3.63, 3.8) is 0 Å². The van der Waals surface area contributed by atoms with Crippen LogP contribution in [0.25, 0.3) is 0 Å². The minimum Gasteiger partial charge on any atom is -0.305 e. The molecule has 0 N–H and O–H groups in total. The van der Waals surface area contributed by atoms with Crippen molar-refractivity contribution in [2.75, 3.05) is 32.8 Å². The largest absolute Gasteiger partial charge is 0.361 e. The summed E-state index contributed by atoms with van der Waals surface area (Å²) in [6.45, 7) is 11.4. The van der Waals surface area contributed by atoms with Gasteiger partial charge in [-0.25, -0.2) is 0 Å². The Morgan fingerprint density at radius 1 is 1.15 bits per heavy atom. The first-order valence-electron chi connectivity index (χ1n) is 9.92. The van der Waals surface area contributed by atoms with Gasteiger partial charge in [0.15, 0.2) is 5.78 Å². The number of likely N-dealkylation sites (tertiary alicyclic amines) is 1. The van der Waals surface area contributed by atoms with Crippen molar-refractivity contribution in [2.45, 2.75) is 47.0 Å². The maximum Gasteiger partial charge on any atom is 0.361 e. The lowest BCUT2D eigenvalue weighted by atomic mass is 9.75. The van der Waals surface area contributed by atoms with Gasteiger partial charge in [0.2, 0.25) is 0 Å². The number of benzene rings is 1. The van der Waals surface area contributed by atoms with E-state index in [0.717, 1.165) is 44.5 Å². The lowest BCUT2D eigenvalue weighted by Crippen LogP contribution is -2.44. The monoisotopic (exact) mass is 392 g/mol. The molecule has 0 atom stereocenters. The molecule has 1 aromatic carbocycles. The quantitative estimate of drug-likeness (QED) is 0.656. The molecule has 6 heteroatoms. The molecule has 0 saturated carbocycles. The van der Waals surface area contributed by atoms with Crippen LogP contribution < -0.4 is 5.30 Å². The maximum absolute atomic E-state index is 13.3. The van der Waals surface area contributed by atoms with Crippen LogP contribution >= 0.6 is 7.60 Å². The highest BCUT2D eigenvalue weighted by Gasteiger charge is 2.47. The summed E-state index contributed by atoms with van der Waals surface area (Å²) < 4.78 is 24.0. The first-order valence-corrected chi connectivity index (χ1v) is 11.5. The molecule has 1 heterocycles. The third kappa shape index (κ3) is 4.07. The Morgan fingerprint density at radius 2 is 1.78 bits per heavy atom. The van der Waals surface area contributed by atoms with E-state index in [1.807, 2.05) is 12.1 Å². The number of hydrogen-bond donors (Lipinski definition) is 0. The standard InChI is InChI=1S/C21H31NO4P/c1-5-25-27(24,26-6-2)18-8-7-17-14-21(20(23)19(17)13-18)9-11-22(12-10-21)15-16(3)4/h7-8,13H,5-6,9-12,14-15H2,1-4H3. The van der Waals surface area contributed by atoms with Crippen LogP contribution in [-0.2, 0) is 20.0 Å². The minimum atomic E-state index is -3.37. The summed E-state index contributed by atoms with van der Waals surface area (Å²) in [6, 6.07) is 5.51. The van der Waals surface area contributed by atoms with Gasteiger partial charge in [-0.1, -0.05) is 19.9 Å². The second-order valence-corrected chi connectivity index (χ2v) is 9.97. The Labute approximate surface area is 163 Å². The van der Waals surface area contributed by atoms with Crippen LogP contribution in [0.15, 0.2) is 18.2 Å². The fraction of sp³-hybridized carbons (Fsp3) is 0.619. The van der Waals surface area contributed by atoms with E-state index in [9.17, 15) is 9.36 Å². The summed E-state index contributed by atoms with van der Waals surface area (Å²) in [5, 5.41) is 0.490. The summed E-state index contributed by atoms with van der Waals surface area (Å²) in [5.41, 5.74) is 1.48. The van der Waals surface area contributed by atoms with E-state index >= 15 is 0 Å². The molecule has 5 nitrogen and oxygen atoms in total. The van der Waals surface area contributed by atoms with Gasteiger partial charge in [0.05, 0.1) is 18.5 Å². The Kier molecular flexibility index (Phi) is 6.27. The maximum atomic E-state index is 13.3. The molecule has 3 rings (SSSR count). The van der Waals surface area contributed by atoms with Gasteiger partial charge in [-0.05, 0) is 69.8 Å². The van der Waals surface area contributed by atoms with Crippen molar-refractivity contribution in [3.05, 3.63) is 35.2 Å². The smallest absolute Gasteiger partial charge is 0.305 e. The average molecular weight is 392 g/mol. The van der Waals surface area contributed by atoms with Crippen LogP contribution in [0.1, 0.15) is 56.5 Å². The number of carbonyl (C=O) groups is 1. The normalized spacial score (nSPS) is 19.8. The van der Waals surface area contributed by atoms with Crippen LogP contribution in [0.2, 0.25) is 0 Å². The minimum absolute atomic E-state index is 0.204. The van der Waals surface area contributed by atoms with Crippen LogP contribution in [0.4, 0.5) is 0 Å². The Morgan fingerprint density at radius 3 is 2.33 bits per heavy atom. The molecule has 0 aromatic heterocycles. The van der Waals surface area contributed by atoms with E-state index in [4.69, 9.17) is 9.05 Å². The molecule has 2 aliphatic rings. The molecule has 1 saturated heterocycles. The van der Waals surface area contributed by atoms with Crippen molar-refractivity contribution in [1.82, 2.24) is 4.90 Å².